The van der Waals surface area contributed by atoms with Crippen LogP contribution in [-0.2, 0) is 9.59 Å². The van der Waals surface area contributed by atoms with Crippen LogP contribution in [0.15, 0.2) is 64.9 Å². The molecule has 23 heavy (non-hydrogen) atoms. The summed E-state index contributed by atoms with van der Waals surface area (Å²) in [6.07, 6.45) is 0. The number of carbonyl (C=O) groups is 2. The molecule has 7 heteroatoms. The van der Waals surface area contributed by atoms with Crippen LogP contribution in [0, 0.1) is 5.82 Å². The smallest absolute Gasteiger partial charge is 0.263 e. The summed E-state index contributed by atoms with van der Waals surface area (Å²) in [5.74, 6) is -1.30. The summed E-state index contributed by atoms with van der Waals surface area (Å²) < 4.78 is 13.1. The summed E-state index contributed by atoms with van der Waals surface area (Å²) in [4.78, 5) is 26.3. The van der Waals surface area contributed by atoms with Gasteiger partial charge in [-0.15, -0.1) is 0 Å². The van der Waals surface area contributed by atoms with Gasteiger partial charge in [0.2, 0.25) is 0 Å². The average molecular weight is 310 g/mol. The molecule has 0 unspecified atom stereocenters. The fourth-order valence-electron chi connectivity index (χ4n) is 2.80. The van der Waals surface area contributed by atoms with Crippen LogP contribution in [0.4, 0.5) is 15.8 Å². The van der Waals surface area contributed by atoms with E-state index in [1.807, 2.05) is 18.2 Å². The molecular formula is C16H11FN4O2. The second-order valence-corrected chi connectivity index (χ2v) is 5.26. The zero-order valence-corrected chi connectivity index (χ0v) is 11.8. The summed E-state index contributed by atoms with van der Waals surface area (Å²) >= 11 is 0. The van der Waals surface area contributed by atoms with Crippen LogP contribution in [0.1, 0.15) is 0 Å². The standard InChI is InChI=1S/C16H11FN4O2/c17-10-6-8-11(9-7-10)20-15(22)13-14(16(20)23)21(19-18-13)12-4-2-1-3-5-12/h1-9,13-14H/t13-,14+/m0/s1. The van der Waals surface area contributed by atoms with Crippen LogP contribution in [0.25, 0.3) is 0 Å². The van der Waals surface area contributed by atoms with Crippen LogP contribution < -0.4 is 9.91 Å². The Morgan fingerprint density at radius 3 is 2.26 bits per heavy atom. The van der Waals surface area contributed by atoms with Gasteiger partial charge in [-0.05, 0) is 36.4 Å². The van der Waals surface area contributed by atoms with E-state index in [1.165, 1.54) is 29.3 Å². The molecule has 1 fully saturated rings. The number of nitrogens with zero attached hydrogens (tertiary/aromatic N) is 4. The lowest BCUT2D eigenvalue weighted by molar-refractivity contribution is -0.121. The minimum Gasteiger partial charge on any atom is -0.271 e. The molecule has 2 aromatic carbocycles. The van der Waals surface area contributed by atoms with Crippen molar-refractivity contribution in [3.8, 4) is 0 Å². The highest BCUT2D eigenvalue weighted by atomic mass is 19.1. The Morgan fingerprint density at radius 2 is 1.57 bits per heavy atom. The van der Waals surface area contributed by atoms with Crippen LogP contribution in [-0.4, -0.2) is 23.9 Å². The van der Waals surface area contributed by atoms with E-state index < -0.39 is 29.7 Å². The lowest BCUT2D eigenvalue weighted by atomic mass is 10.1. The number of carbonyl (C=O) groups excluding carboxylic acids is 2. The fourth-order valence-corrected chi connectivity index (χ4v) is 2.80. The number of para-hydroxylation sites is 1. The van der Waals surface area contributed by atoms with E-state index in [0.717, 1.165) is 4.90 Å². The zero-order valence-electron chi connectivity index (χ0n) is 11.8. The molecule has 4 rings (SSSR count). The summed E-state index contributed by atoms with van der Waals surface area (Å²) in [5.41, 5.74) is 1.02. The highest BCUT2D eigenvalue weighted by Gasteiger charge is 2.55. The largest absolute Gasteiger partial charge is 0.271 e. The van der Waals surface area contributed by atoms with Gasteiger partial charge in [0.1, 0.15) is 5.82 Å². The molecule has 0 bridgehead atoms. The van der Waals surface area contributed by atoms with Crippen molar-refractivity contribution in [2.24, 2.45) is 10.3 Å². The average Bonchev–Trinajstić information content (AvgIpc) is 3.11. The third-order valence-corrected chi connectivity index (χ3v) is 3.89. The van der Waals surface area contributed by atoms with Crippen molar-refractivity contribution in [3.05, 3.63) is 60.4 Å². The van der Waals surface area contributed by atoms with Gasteiger partial charge in [0, 0.05) is 0 Å². The molecule has 2 heterocycles. The number of amides is 2. The number of imide groups is 1. The highest BCUT2D eigenvalue weighted by Crippen LogP contribution is 2.34. The van der Waals surface area contributed by atoms with E-state index in [-0.39, 0.29) is 0 Å². The normalized spacial score (nSPS) is 22.8. The maximum absolute atomic E-state index is 13.1. The zero-order chi connectivity index (χ0) is 16.0. The molecule has 0 spiro atoms. The molecule has 114 valence electrons. The second-order valence-electron chi connectivity index (χ2n) is 5.26. The Balaban J connectivity index is 1.70. The van der Waals surface area contributed by atoms with Gasteiger partial charge in [-0.3, -0.25) is 9.59 Å². The van der Waals surface area contributed by atoms with E-state index in [1.54, 1.807) is 12.1 Å². The van der Waals surface area contributed by atoms with Crippen molar-refractivity contribution in [2.45, 2.75) is 12.1 Å². The number of hydrogen-bond acceptors (Lipinski definition) is 5. The summed E-state index contributed by atoms with van der Waals surface area (Å²) in [6.45, 7) is 0. The quantitative estimate of drug-likeness (QED) is 0.800. The van der Waals surface area contributed by atoms with Gasteiger partial charge in [-0.1, -0.05) is 23.4 Å². The Hall–Kier alpha value is -3.09. The van der Waals surface area contributed by atoms with Crippen molar-refractivity contribution in [2.75, 3.05) is 9.91 Å². The Bertz CT molecular complexity index is 807. The molecule has 2 aliphatic rings. The van der Waals surface area contributed by atoms with Crippen LogP contribution in [0.3, 0.4) is 0 Å². The molecule has 0 radical (unpaired) electrons. The van der Waals surface area contributed by atoms with E-state index in [0.29, 0.717) is 11.4 Å². The molecule has 2 aliphatic heterocycles. The molecule has 2 aromatic rings. The molecular weight excluding hydrogens is 299 g/mol. The van der Waals surface area contributed by atoms with Gasteiger partial charge in [-0.2, -0.15) is 5.11 Å². The first-order valence-electron chi connectivity index (χ1n) is 7.05. The Kier molecular flexibility index (Phi) is 2.94. The maximum atomic E-state index is 13.1. The molecule has 6 nitrogen and oxygen atoms in total. The van der Waals surface area contributed by atoms with Crippen molar-refractivity contribution in [3.63, 3.8) is 0 Å². The topological polar surface area (TPSA) is 65.3 Å². The predicted molar refractivity (Wildman–Crippen MR) is 80.2 cm³/mol. The minimum absolute atomic E-state index is 0.332. The number of anilines is 2. The Labute approximate surface area is 130 Å². The number of halogens is 1. The van der Waals surface area contributed by atoms with Crippen molar-refractivity contribution in [1.29, 1.82) is 0 Å². The van der Waals surface area contributed by atoms with Crippen LogP contribution in [0.5, 0.6) is 0 Å². The van der Waals surface area contributed by atoms with E-state index in [9.17, 15) is 14.0 Å². The van der Waals surface area contributed by atoms with E-state index >= 15 is 0 Å². The molecule has 2 amide bonds. The van der Waals surface area contributed by atoms with Crippen LogP contribution in [0.2, 0.25) is 0 Å². The molecule has 1 saturated heterocycles. The van der Waals surface area contributed by atoms with Gasteiger partial charge in [0.15, 0.2) is 12.1 Å². The molecule has 0 saturated carbocycles. The molecule has 0 aromatic heterocycles. The Morgan fingerprint density at radius 1 is 0.870 bits per heavy atom. The molecule has 0 aliphatic carbocycles. The number of rotatable bonds is 2. The molecule has 2 atom stereocenters. The monoisotopic (exact) mass is 310 g/mol. The minimum atomic E-state index is -0.868. The highest BCUT2D eigenvalue weighted by molar-refractivity contribution is 6.26. The third kappa shape index (κ3) is 2.01. The maximum Gasteiger partial charge on any atom is 0.263 e. The second kappa shape index (κ2) is 4.98. The van der Waals surface area contributed by atoms with Gasteiger partial charge >= 0.3 is 0 Å². The first kappa shape index (κ1) is 13.6. The van der Waals surface area contributed by atoms with Crippen molar-refractivity contribution < 1.29 is 14.0 Å². The van der Waals surface area contributed by atoms with Gasteiger partial charge in [0.25, 0.3) is 11.8 Å². The lowest BCUT2D eigenvalue weighted by Crippen LogP contribution is -2.39. The third-order valence-electron chi connectivity index (χ3n) is 3.89. The molecule has 0 N–H and O–H groups in total. The SMILES string of the molecule is O=C1[C@H]2N=NN(c3ccccc3)[C@H]2C(=O)N1c1ccc(F)cc1. The number of fused-ring (bicyclic) bond motifs is 1. The van der Waals surface area contributed by atoms with Crippen molar-refractivity contribution >= 4 is 23.2 Å². The number of benzene rings is 2. The number of hydrogen-bond donors (Lipinski definition) is 0. The van der Waals surface area contributed by atoms with E-state index in [2.05, 4.69) is 10.3 Å². The van der Waals surface area contributed by atoms with E-state index in [4.69, 9.17) is 0 Å². The van der Waals surface area contributed by atoms with Gasteiger partial charge in [-0.25, -0.2) is 14.3 Å². The van der Waals surface area contributed by atoms with Crippen LogP contribution >= 0.6 is 0 Å². The van der Waals surface area contributed by atoms with Crippen molar-refractivity contribution in [1.82, 2.24) is 0 Å². The lowest BCUT2D eigenvalue weighted by Gasteiger charge is -2.20. The predicted octanol–water partition coefficient (Wildman–Crippen LogP) is 2.32. The first-order valence-corrected chi connectivity index (χ1v) is 7.05. The fraction of sp³-hybridized carbons (Fsp3) is 0.125. The summed E-state index contributed by atoms with van der Waals surface area (Å²) in [6, 6.07) is 12.6. The summed E-state index contributed by atoms with van der Waals surface area (Å²) in [7, 11) is 0. The summed E-state index contributed by atoms with van der Waals surface area (Å²) in [5, 5.41) is 9.36. The first-order chi connectivity index (χ1) is 11.2. The van der Waals surface area contributed by atoms with Gasteiger partial charge < -0.3 is 0 Å². The van der Waals surface area contributed by atoms with Gasteiger partial charge in [0.05, 0.1) is 11.4 Å².